The molecule has 4 heteroatoms. The first-order chi connectivity index (χ1) is 9.08. The summed E-state index contributed by atoms with van der Waals surface area (Å²) in [5.74, 6) is -0.271. The lowest BCUT2D eigenvalue weighted by Gasteiger charge is -2.12. The Labute approximate surface area is 120 Å². The molecule has 2 aromatic rings. The Morgan fingerprint density at radius 3 is 2.53 bits per heavy atom. The van der Waals surface area contributed by atoms with Crippen LogP contribution in [0.4, 0.5) is 0 Å². The van der Waals surface area contributed by atoms with Gasteiger partial charge in [0.2, 0.25) is 0 Å². The Bertz CT molecular complexity index is 571. The molecular weight excluding hydrogens is 308 g/mol. The first-order valence-electron chi connectivity index (χ1n) is 5.78. The first-order valence-corrected chi connectivity index (χ1v) is 6.57. The van der Waals surface area contributed by atoms with Gasteiger partial charge in [0.05, 0.1) is 10.0 Å². The largest absolute Gasteiger partial charge is 0.487 e. The average Bonchev–Trinajstić information content (AvgIpc) is 2.38. The number of carboxylic acid groups (broad SMARTS) is 1. The molecule has 0 atom stereocenters. The van der Waals surface area contributed by atoms with Crippen molar-refractivity contribution in [3.05, 3.63) is 63.6 Å². The fraction of sp³-hybridized carbons (Fsp3) is 0.133. The van der Waals surface area contributed by atoms with Crippen LogP contribution in [0.25, 0.3) is 0 Å². The van der Waals surface area contributed by atoms with Gasteiger partial charge in [-0.3, -0.25) is 0 Å². The van der Waals surface area contributed by atoms with E-state index in [4.69, 9.17) is 9.84 Å². The smallest absolute Gasteiger partial charge is 0.335 e. The predicted octanol–water partition coefficient (Wildman–Crippen LogP) is 4.03. The third kappa shape index (κ3) is 3.35. The lowest BCUT2D eigenvalue weighted by atomic mass is 10.1. The second-order valence-electron chi connectivity index (χ2n) is 4.18. The van der Waals surface area contributed by atoms with Gasteiger partial charge in [-0.25, -0.2) is 4.79 Å². The summed E-state index contributed by atoms with van der Waals surface area (Å²) in [6.07, 6.45) is 0. The Kier molecular flexibility index (Phi) is 4.22. The molecule has 19 heavy (non-hydrogen) atoms. The summed E-state index contributed by atoms with van der Waals surface area (Å²) < 4.78 is 6.40. The molecule has 0 aliphatic rings. The highest BCUT2D eigenvalue weighted by molar-refractivity contribution is 9.10. The predicted molar refractivity (Wildman–Crippen MR) is 76.6 cm³/mol. The third-order valence-electron chi connectivity index (χ3n) is 2.70. The van der Waals surface area contributed by atoms with Gasteiger partial charge >= 0.3 is 5.97 Å². The Hall–Kier alpha value is -1.81. The number of hydrogen-bond donors (Lipinski definition) is 1. The van der Waals surface area contributed by atoms with Crippen LogP contribution in [0.1, 0.15) is 21.5 Å². The number of carbonyl (C=O) groups is 1. The highest BCUT2D eigenvalue weighted by Gasteiger charge is 2.11. The molecule has 0 fully saturated rings. The van der Waals surface area contributed by atoms with E-state index >= 15 is 0 Å². The molecule has 0 saturated heterocycles. The molecule has 0 heterocycles. The van der Waals surface area contributed by atoms with Gasteiger partial charge in [0.25, 0.3) is 0 Å². The van der Waals surface area contributed by atoms with E-state index in [-0.39, 0.29) is 5.56 Å². The molecule has 0 spiro atoms. The summed E-state index contributed by atoms with van der Waals surface area (Å²) in [5, 5.41) is 8.97. The first kappa shape index (κ1) is 13.6. The monoisotopic (exact) mass is 320 g/mol. The van der Waals surface area contributed by atoms with E-state index in [1.54, 1.807) is 12.1 Å². The summed E-state index contributed by atoms with van der Waals surface area (Å²) in [6, 6.07) is 13.0. The van der Waals surface area contributed by atoms with Crippen LogP contribution in [0.2, 0.25) is 0 Å². The number of aromatic carboxylic acids is 1. The van der Waals surface area contributed by atoms with Crippen LogP contribution in [0.5, 0.6) is 5.75 Å². The average molecular weight is 321 g/mol. The summed E-state index contributed by atoms with van der Waals surface area (Å²) in [7, 11) is 0. The zero-order valence-electron chi connectivity index (χ0n) is 10.4. The summed E-state index contributed by atoms with van der Waals surface area (Å²) in [6.45, 7) is 2.28. The van der Waals surface area contributed by atoms with Gasteiger partial charge in [0.1, 0.15) is 12.4 Å². The van der Waals surface area contributed by atoms with Gasteiger partial charge in [-0.2, -0.15) is 0 Å². The molecule has 2 rings (SSSR count). The molecule has 0 amide bonds. The molecule has 0 aliphatic heterocycles. The fourth-order valence-corrected chi connectivity index (χ4v) is 2.44. The maximum Gasteiger partial charge on any atom is 0.335 e. The minimum absolute atomic E-state index is 0.247. The Morgan fingerprint density at radius 1 is 1.26 bits per heavy atom. The van der Waals surface area contributed by atoms with E-state index < -0.39 is 5.97 Å². The van der Waals surface area contributed by atoms with Gasteiger partial charge in [0.15, 0.2) is 0 Å². The maximum absolute atomic E-state index is 10.9. The number of halogens is 1. The lowest BCUT2D eigenvalue weighted by molar-refractivity contribution is 0.0696. The number of hydrogen-bond acceptors (Lipinski definition) is 2. The van der Waals surface area contributed by atoms with Gasteiger partial charge in [0, 0.05) is 0 Å². The van der Waals surface area contributed by atoms with E-state index in [0.717, 1.165) is 11.1 Å². The van der Waals surface area contributed by atoms with Crippen molar-refractivity contribution in [2.24, 2.45) is 0 Å². The molecular formula is C15H13BrO3. The number of ether oxygens (including phenoxy) is 1. The molecule has 0 aromatic heterocycles. The topological polar surface area (TPSA) is 46.5 Å². The number of aryl methyl sites for hydroxylation is 1. The van der Waals surface area contributed by atoms with E-state index in [1.165, 1.54) is 0 Å². The van der Waals surface area contributed by atoms with Gasteiger partial charge in [-0.1, -0.05) is 30.3 Å². The van der Waals surface area contributed by atoms with Crippen LogP contribution < -0.4 is 4.74 Å². The maximum atomic E-state index is 10.9. The van der Waals surface area contributed by atoms with E-state index in [9.17, 15) is 4.79 Å². The molecule has 0 bridgehead atoms. The lowest BCUT2D eigenvalue weighted by Crippen LogP contribution is -2.01. The van der Waals surface area contributed by atoms with Crippen molar-refractivity contribution in [3.8, 4) is 5.75 Å². The van der Waals surface area contributed by atoms with Gasteiger partial charge in [-0.15, -0.1) is 0 Å². The summed E-state index contributed by atoms with van der Waals surface area (Å²) in [4.78, 5) is 10.9. The quantitative estimate of drug-likeness (QED) is 0.924. The second kappa shape index (κ2) is 5.89. The number of carboxylic acids is 1. The van der Waals surface area contributed by atoms with Crippen molar-refractivity contribution in [1.82, 2.24) is 0 Å². The highest BCUT2D eigenvalue weighted by atomic mass is 79.9. The van der Waals surface area contributed by atoms with Crippen LogP contribution >= 0.6 is 15.9 Å². The molecule has 0 aliphatic carbocycles. The van der Waals surface area contributed by atoms with Crippen LogP contribution in [0, 0.1) is 6.92 Å². The zero-order valence-corrected chi connectivity index (χ0v) is 12.0. The summed E-state index contributed by atoms with van der Waals surface area (Å²) >= 11 is 3.35. The van der Waals surface area contributed by atoms with Crippen LogP contribution in [-0.4, -0.2) is 11.1 Å². The molecule has 98 valence electrons. The Morgan fingerprint density at radius 2 is 1.95 bits per heavy atom. The molecule has 0 saturated carbocycles. The zero-order chi connectivity index (χ0) is 13.8. The minimum atomic E-state index is -0.946. The molecule has 1 N–H and O–H groups in total. The Balaban J connectivity index is 2.19. The van der Waals surface area contributed by atoms with Crippen LogP contribution in [-0.2, 0) is 6.61 Å². The van der Waals surface area contributed by atoms with Crippen molar-refractivity contribution in [3.63, 3.8) is 0 Å². The van der Waals surface area contributed by atoms with Crippen molar-refractivity contribution in [2.75, 3.05) is 0 Å². The standard InChI is InChI=1S/C15H13BrO3/c1-10-7-12(15(17)18)8-13(16)14(10)19-9-11-5-3-2-4-6-11/h2-8H,9H2,1H3,(H,17,18). The molecule has 3 nitrogen and oxygen atoms in total. The molecule has 2 aromatic carbocycles. The molecule has 0 radical (unpaired) electrons. The van der Waals surface area contributed by atoms with Crippen LogP contribution in [0.3, 0.4) is 0 Å². The number of rotatable bonds is 4. The van der Waals surface area contributed by atoms with E-state index in [1.807, 2.05) is 37.3 Å². The summed E-state index contributed by atoms with van der Waals surface area (Å²) in [5.41, 5.74) is 2.11. The van der Waals surface area contributed by atoms with Gasteiger partial charge < -0.3 is 9.84 Å². The minimum Gasteiger partial charge on any atom is -0.487 e. The molecule has 0 unspecified atom stereocenters. The second-order valence-corrected chi connectivity index (χ2v) is 5.04. The number of benzene rings is 2. The van der Waals surface area contributed by atoms with Crippen molar-refractivity contribution in [2.45, 2.75) is 13.5 Å². The third-order valence-corrected chi connectivity index (χ3v) is 3.29. The SMILES string of the molecule is Cc1cc(C(=O)O)cc(Br)c1OCc1ccccc1. The van der Waals surface area contributed by atoms with Crippen molar-refractivity contribution < 1.29 is 14.6 Å². The van der Waals surface area contributed by atoms with Crippen LogP contribution in [0.15, 0.2) is 46.9 Å². The van der Waals surface area contributed by atoms with Gasteiger partial charge in [-0.05, 0) is 46.1 Å². The van der Waals surface area contributed by atoms with E-state index in [0.29, 0.717) is 16.8 Å². The van der Waals surface area contributed by atoms with E-state index in [2.05, 4.69) is 15.9 Å². The normalized spacial score (nSPS) is 10.2. The van der Waals surface area contributed by atoms with Crippen molar-refractivity contribution >= 4 is 21.9 Å². The van der Waals surface area contributed by atoms with Crippen molar-refractivity contribution in [1.29, 1.82) is 0 Å². The highest BCUT2D eigenvalue weighted by Crippen LogP contribution is 2.31. The fourth-order valence-electron chi connectivity index (χ4n) is 1.77.